The number of amides is 1. The Hall–Kier alpha value is -1.85. The van der Waals surface area contributed by atoms with E-state index in [-0.39, 0.29) is 5.91 Å². The van der Waals surface area contributed by atoms with E-state index in [1.54, 1.807) is 0 Å². The highest BCUT2D eigenvalue weighted by molar-refractivity contribution is 5.86. The van der Waals surface area contributed by atoms with E-state index >= 15 is 0 Å². The van der Waals surface area contributed by atoms with E-state index in [1.165, 1.54) is 0 Å². The second-order valence-electron chi connectivity index (χ2n) is 5.26. The van der Waals surface area contributed by atoms with Gasteiger partial charge in [0, 0.05) is 30.2 Å². The van der Waals surface area contributed by atoms with Crippen LogP contribution in [0.1, 0.15) is 5.56 Å². The highest BCUT2D eigenvalue weighted by atomic mass is 16.2. The predicted molar refractivity (Wildman–Crippen MR) is 81.5 cm³/mol. The third-order valence-electron chi connectivity index (χ3n) is 3.31. The van der Waals surface area contributed by atoms with Gasteiger partial charge in [0.1, 0.15) is 0 Å². The molecule has 5 heteroatoms. The fraction of sp³-hybridized carbons (Fsp3) is 0.400. The van der Waals surface area contributed by atoms with Crippen molar-refractivity contribution in [2.45, 2.75) is 12.5 Å². The molecule has 1 atom stereocenters. The van der Waals surface area contributed by atoms with E-state index in [1.807, 2.05) is 49.5 Å². The Bertz CT molecular complexity index is 576. The van der Waals surface area contributed by atoms with Crippen LogP contribution in [-0.2, 0) is 11.2 Å². The van der Waals surface area contributed by atoms with Gasteiger partial charge in [0.15, 0.2) is 0 Å². The maximum absolute atomic E-state index is 11.9. The summed E-state index contributed by atoms with van der Waals surface area (Å²) in [4.78, 5) is 17.1. The minimum Gasteiger partial charge on any atom is -0.361 e. The first-order valence-corrected chi connectivity index (χ1v) is 6.81. The highest BCUT2D eigenvalue weighted by Crippen LogP contribution is 2.18. The highest BCUT2D eigenvalue weighted by Gasteiger charge is 2.15. The van der Waals surface area contributed by atoms with Crippen LogP contribution in [0.4, 0.5) is 0 Å². The molecule has 0 radical (unpaired) electrons. The molecule has 0 saturated carbocycles. The van der Waals surface area contributed by atoms with Crippen LogP contribution >= 0.6 is 0 Å². The number of fused-ring (bicyclic) bond motifs is 1. The first-order chi connectivity index (χ1) is 9.58. The topological polar surface area (TPSA) is 74.2 Å². The van der Waals surface area contributed by atoms with Crippen molar-refractivity contribution < 1.29 is 4.79 Å². The van der Waals surface area contributed by atoms with Gasteiger partial charge < -0.3 is 20.9 Å². The average Bonchev–Trinajstić information content (AvgIpc) is 2.81. The summed E-state index contributed by atoms with van der Waals surface area (Å²) < 4.78 is 0. The number of rotatable bonds is 6. The van der Waals surface area contributed by atoms with Gasteiger partial charge in [-0.15, -0.1) is 0 Å². The van der Waals surface area contributed by atoms with Gasteiger partial charge in [-0.05, 0) is 32.1 Å². The lowest BCUT2D eigenvalue weighted by Gasteiger charge is -2.14. The van der Waals surface area contributed by atoms with E-state index in [0.29, 0.717) is 13.0 Å². The molecule has 0 aliphatic carbocycles. The van der Waals surface area contributed by atoms with E-state index < -0.39 is 6.04 Å². The van der Waals surface area contributed by atoms with E-state index in [2.05, 4.69) is 10.3 Å². The van der Waals surface area contributed by atoms with Gasteiger partial charge in [-0.3, -0.25) is 4.79 Å². The van der Waals surface area contributed by atoms with E-state index in [0.717, 1.165) is 23.0 Å². The average molecular weight is 274 g/mol. The molecule has 1 aromatic heterocycles. The summed E-state index contributed by atoms with van der Waals surface area (Å²) in [6.45, 7) is 1.43. The molecule has 108 valence electrons. The molecular weight excluding hydrogens is 252 g/mol. The summed E-state index contributed by atoms with van der Waals surface area (Å²) >= 11 is 0. The molecule has 0 bridgehead atoms. The van der Waals surface area contributed by atoms with Crippen LogP contribution in [0.3, 0.4) is 0 Å². The number of hydrogen-bond donors (Lipinski definition) is 3. The maximum atomic E-state index is 11.9. The number of benzene rings is 1. The second kappa shape index (κ2) is 6.54. The summed E-state index contributed by atoms with van der Waals surface area (Å²) in [6.07, 6.45) is 2.47. The molecule has 5 nitrogen and oxygen atoms in total. The van der Waals surface area contributed by atoms with Gasteiger partial charge in [0.25, 0.3) is 0 Å². The number of aromatic amines is 1. The number of nitrogens with one attached hydrogen (secondary N) is 2. The number of aromatic nitrogens is 1. The Kier molecular flexibility index (Phi) is 4.76. The van der Waals surface area contributed by atoms with Crippen molar-refractivity contribution in [2.75, 3.05) is 27.2 Å². The molecule has 0 aliphatic rings. The normalized spacial score (nSPS) is 12.8. The van der Waals surface area contributed by atoms with Crippen molar-refractivity contribution in [3.05, 3.63) is 36.0 Å². The van der Waals surface area contributed by atoms with Gasteiger partial charge in [-0.1, -0.05) is 18.2 Å². The van der Waals surface area contributed by atoms with Gasteiger partial charge >= 0.3 is 0 Å². The molecule has 1 unspecified atom stereocenters. The monoisotopic (exact) mass is 274 g/mol. The van der Waals surface area contributed by atoms with Crippen molar-refractivity contribution >= 4 is 16.8 Å². The Morgan fingerprint density at radius 2 is 2.15 bits per heavy atom. The quantitative estimate of drug-likeness (QED) is 0.726. The number of nitrogens with two attached hydrogens (primary N) is 1. The Morgan fingerprint density at radius 3 is 2.90 bits per heavy atom. The van der Waals surface area contributed by atoms with Crippen molar-refractivity contribution in [3.8, 4) is 0 Å². The molecule has 0 spiro atoms. The molecule has 2 rings (SSSR count). The van der Waals surface area contributed by atoms with Gasteiger partial charge in [-0.2, -0.15) is 0 Å². The zero-order chi connectivity index (χ0) is 14.5. The zero-order valence-corrected chi connectivity index (χ0v) is 12.0. The van der Waals surface area contributed by atoms with Crippen LogP contribution in [0.5, 0.6) is 0 Å². The first-order valence-electron chi connectivity index (χ1n) is 6.81. The number of para-hydroxylation sites is 1. The van der Waals surface area contributed by atoms with Crippen LogP contribution < -0.4 is 11.1 Å². The molecule has 1 amide bonds. The number of carbonyl (C=O) groups is 1. The number of carbonyl (C=O) groups excluding carboxylic acids is 1. The molecular formula is C15H22N4O. The van der Waals surface area contributed by atoms with Crippen LogP contribution in [0.15, 0.2) is 30.5 Å². The van der Waals surface area contributed by atoms with E-state index in [4.69, 9.17) is 5.73 Å². The van der Waals surface area contributed by atoms with Crippen molar-refractivity contribution in [3.63, 3.8) is 0 Å². The lowest BCUT2D eigenvalue weighted by molar-refractivity contribution is -0.122. The summed E-state index contributed by atoms with van der Waals surface area (Å²) in [5.41, 5.74) is 8.13. The Balaban J connectivity index is 1.93. The molecule has 1 aromatic carbocycles. The maximum Gasteiger partial charge on any atom is 0.237 e. The van der Waals surface area contributed by atoms with Gasteiger partial charge in [0.2, 0.25) is 5.91 Å². The Labute approximate surface area is 119 Å². The van der Waals surface area contributed by atoms with Crippen LogP contribution in [0.2, 0.25) is 0 Å². The van der Waals surface area contributed by atoms with Crippen LogP contribution in [-0.4, -0.2) is 49.0 Å². The molecule has 0 aliphatic heterocycles. The lowest BCUT2D eigenvalue weighted by atomic mass is 10.1. The van der Waals surface area contributed by atoms with Crippen molar-refractivity contribution in [1.82, 2.24) is 15.2 Å². The van der Waals surface area contributed by atoms with Crippen molar-refractivity contribution in [1.29, 1.82) is 0 Å². The smallest absolute Gasteiger partial charge is 0.237 e. The first kappa shape index (κ1) is 14.6. The number of likely N-dealkylation sites (N-methyl/N-ethyl adjacent to an activating group) is 1. The predicted octanol–water partition coefficient (Wildman–Crippen LogP) is 0.716. The molecule has 4 N–H and O–H groups in total. The Morgan fingerprint density at radius 1 is 1.40 bits per heavy atom. The standard InChI is InChI=1S/C15H22N4O/c1-19(2)8-7-17-15(20)13(16)9-11-10-18-14-6-4-3-5-12(11)14/h3-6,10,13,18H,7-9,16H2,1-2H3,(H,17,20). The third kappa shape index (κ3) is 3.59. The molecule has 0 saturated heterocycles. The molecule has 0 fully saturated rings. The molecule has 1 heterocycles. The number of nitrogens with zero attached hydrogens (tertiary/aromatic N) is 1. The number of hydrogen-bond acceptors (Lipinski definition) is 3. The molecule has 20 heavy (non-hydrogen) atoms. The summed E-state index contributed by atoms with van der Waals surface area (Å²) in [6, 6.07) is 7.51. The fourth-order valence-corrected chi connectivity index (χ4v) is 2.16. The lowest BCUT2D eigenvalue weighted by Crippen LogP contribution is -2.44. The number of H-pyrrole nitrogens is 1. The second-order valence-corrected chi connectivity index (χ2v) is 5.26. The summed E-state index contributed by atoms with van der Waals surface area (Å²) in [5.74, 6) is -0.0999. The largest absolute Gasteiger partial charge is 0.361 e. The van der Waals surface area contributed by atoms with E-state index in [9.17, 15) is 4.79 Å². The minimum atomic E-state index is -0.517. The van der Waals surface area contributed by atoms with Crippen LogP contribution in [0, 0.1) is 0 Å². The van der Waals surface area contributed by atoms with Gasteiger partial charge in [-0.25, -0.2) is 0 Å². The van der Waals surface area contributed by atoms with Crippen LogP contribution in [0.25, 0.3) is 10.9 Å². The van der Waals surface area contributed by atoms with Gasteiger partial charge in [0.05, 0.1) is 6.04 Å². The fourth-order valence-electron chi connectivity index (χ4n) is 2.16. The minimum absolute atomic E-state index is 0.0999. The summed E-state index contributed by atoms with van der Waals surface area (Å²) in [7, 11) is 3.94. The summed E-state index contributed by atoms with van der Waals surface area (Å²) in [5, 5.41) is 3.99. The zero-order valence-electron chi connectivity index (χ0n) is 12.0. The third-order valence-corrected chi connectivity index (χ3v) is 3.31. The van der Waals surface area contributed by atoms with Crippen molar-refractivity contribution in [2.24, 2.45) is 5.73 Å². The molecule has 2 aromatic rings. The SMILES string of the molecule is CN(C)CCNC(=O)C(N)Cc1c[nH]c2ccccc12.